The average molecular weight is 198 g/mol. The normalized spacial score (nSPS) is 26.7. The van der Waals surface area contributed by atoms with Crippen molar-refractivity contribution < 1.29 is 9.53 Å². The van der Waals surface area contributed by atoms with Crippen LogP contribution in [0.4, 0.5) is 0 Å². The molecule has 1 saturated heterocycles. The highest BCUT2D eigenvalue weighted by Gasteiger charge is 2.27. The predicted molar refractivity (Wildman–Crippen MR) is 57.3 cm³/mol. The minimum atomic E-state index is 0.201. The van der Waals surface area contributed by atoms with E-state index in [-0.39, 0.29) is 5.92 Å². The molecule has 82 valence electrons. The summed E-state index contributed by atoms with van der Waals surface area (Å²) in [5, 5.41) is 0. The van der Waals surface area contributed by atoms with Crippen LogP contribution < -0.4 is 0 Å². The van der Waals surface area contributed by atoms with Gasteiger partial charge in [0.1, 0.15) is 5.78 Å². The summed E-state index contributed by atoms with van der Waals surface area (Å²) in [5.41, 5.74) is 0. The predicted octanol–water partition coefficient (Wildman–Crippen LogP) is 2.95. The molecule has 2 atom stereocenters. The molecular weight excluding hydrogens is 176 g/mol. The van der Waals surface area contributed by atoms with E-state index in [1.54, 1.807) is 0 Å². The van der Waals surface area contributed by atoms with Gasteiger partial charge in [0.25, 0.3) is 0 Å². The van der Waals surface area contributed by atoms with Gasteiger partial charge in [0.15, 0.2) is 0 Å². The van der Waals surface area contributed by atoms with Crippen LogP contribution in [0.2, 0.25) is 0 Å². The van der Waals surface area contributed by atoms with Crippen LogP contribution in [0.25, 0.3) is 0 Å². The van der Waals surface area contributed by atoms with E-state index in [9.17, 15) is 4.79 Å². The first-order valence-electron chi connectivity index (χ1n) is 5.88. The van der Waals surface area contributed by atoms with Crippen molar-refractivity contribution >= 4 is 5.78 Å². The van der Waals surface area contributed by atoms with E-state index in [4.69, 9.17) is 4.74 Å². The van der Waals surface area contributed by atoms with Gasteiger partial charge in [-0.05, 0) is 19.8 Å². The van der Waals surface area contributed by atoms with Crippen LogP contribution in [-0.2, 0) is 9.53 Å². The molecule has 1 fully saturated rings. The van der Waals surface area contributed by atoms with E-state index in [1.807, 2.05) is 6.92 Å². The van der Waals surface area contributed by atoms with E-state index >= 15 is 0 Å². The molecule has 1 aliphatic rings. The smallest absolute Gasteiger partial charge is 0.138 e. The zero-order valence-corrected chi connectivity index (χ0v) is 9.42. The van der Waals surface area contributed by atoms with Gasteiger partial charge in [-0.2, -0.15) is 0 Å². The van der Waals surface area contributed by atoms with Crippen molar-refractivity contribution in [1.29, 1.82) is 0 Å². The van der Waals surface area contributed by atoms with Crippen LogP contribution in [0.5, 0.6) is 0 Å². The Hall–Kier alpha value is -0.370. The standard InChI is InChI=1S/C12H22O2/c1-3-4-5-6-7-12(13)11-8-10(2)14-9-11/h10-11H,3-9H2,1-2H3. The van der Waals surface area contributed by atoms with Crippen LogP contribution in [-0.4, -0.2) is 18.5 Å². The maximum Gasteiger partial charge on any atom is 0.138 e. The number of carbonyl (C=O) groups excluding carboxylic acids is 1. The maximum absolute atomic E-state index is 11.7. The molecule has 0 aliphatic carbocycles. The van der Waals surface area contributed by atoms with Gasteiger partial charge in [-0.25, -0.2) is 0 Å². The second-order valence-corrected chi connectivity index (χ2v) is 4.35. The van der Waals surface area contributed by atoms with E-state index in [2.05, 4.69) is 6.92 Å². The molecule has 2 unspecified atom stereocenters. The fourth-order valence-electron chi connectivity index (χ4n) is 1.97. The molecule has 2 nitrogen and oxygen atoms in total. The molecule has 0 aromatic rings. The lowest BCUT2D eigenvalue weighted by molar-refractivity contribution is -0.122. The van der Waals surface area contributed by atoms with Crippen LogP contribution in [0.15, 0.2) is 0 Å². The molecule has 1 rings (SSSR count). The second kappa shape index (κ2) is 6.18. The molecule has 0 N–H and O–H groups in total. The average Bonchev–Trinajstić information content (AvgIpc) is 2.59. The molecule has 1 aliphatic heterocycles. The number of ketones is 1. The number of carbonyl (C=O) groups is 1. The SMILES string of the molecule is CCCCCCC(=O)C1COC(C)C1. The third-order valence-electron chi connectivity index (χ3n) is 2.93. The minimum Gasteiger partial charge on any atom is -0.378 e. The summed E-state index contributed by atoms with van der Waals surface area (Å²) >= 11 is 0. The zero-order chi connectivity index (χ0) is 10.4. The van der Waals surface area contributed by atoms with E-state index in [0.717, 1.165) is 19.3 Å². The van der Waals surface area contributed by atoms with Gasteiger partial charge in [0, 0.05) is 12.3 Å². The van der Waals surface area contributed by atoms with Crippen molar-refractivity contribution in [2.45, 2.75) is 58.5 Å². The number of unbranched alkanes of at least 4 members (excludes halogenated alkanes) is 3. The Morgan fingerprint density at radius 1 is 1.36 bits per heavy atom. The van der Waals surface area contributed by atoms with Crippen molar-refractivity contribution in [3.05, 3.63) is 0 Å². The lowest BCUT2D eigenvalue weighted by Gasteiger charge is -2.05. The molecule has 0 radical (unpaired) electrons. The van der Waals surface area contributed by atoms with Gasteiger partial charge < -0.3 is 4.74 Å². The highest BCUT2D eigenvalue weighted by Crippen LogP contribution is 2.21. The Bertz CT molecular complexity index is 177. The van der Waals surface area contributed by atoms with Crippen LogP contribution in [0.3, 0.4) is 0 Å². The van der Waals surface area contributed by atoms with Crippen molar-refractivity contribution in [3.63, 3.8) is 0 Å². The van der Waals surface area contributed by atoms with E-state index < -0.39 is 0 Å². The Balaban J connectivity index is 2.09. The lowest BCUT2D eigenvalue weighted by Crippen LogP contribution is -2.14. The first kappa shape index (κ1) is 11.7. The number of hydrogen-bond donors (Lipinski definition) is 0. The van der Waals surface area contributed by atoms with Crippen LogP contribution in [0.1, 0.15) is 52.4 Å². The van der Waals surface area contributed by atoms with Gasteiger partial charge in [-0.15, -0.1) is 0 Å². The highest BCUT2D eigenvalue weighted by atomic mass is 16.5. The Kier molecular flexibility index (Phi) is 5.16. The van der Waals surface area contributed by atoms with E-state index in [1.165, 1.54) is 19.3 Å². The molecule has 0 aromatic heterocycles. The Morgan fingerprint density at radius 3 is 2.71 bits per heavy atom. The van der Waals surface area contributed by atoms with Crippen molar-refractivity contribution in [1.82, 2.24) is 0 Å². The summed E-state index contributed by atoms with van der Waals surface area (Å²) in [6, 6.07) is 0. The third kappa shape index (κ3) is 3.79. The van der Waals surface area contributed by atoms with Gasteiger partial charge >= 0.3 is 0 Å². The number of ether oxygens (including phenoxy) is 1. The summed E-state index contributed by atoms with van der Waals surface area (Å²) in [6.45, 7) is 4.90. The van der Waals surface area contributed by atoms with Crippen molar-refractivity contribution in [3.8, 4) is 0 Å². The monoisotopic (exact) mass is 198 g/mol. The molecule has 0 amide bonds. The highest BCUT2D eigenvalue weighted by molar-refractivity contribution is 5.81. The largest absolute Gasteiger partial charge is 0.378 e. The first-order chi connectivity index (χ1) is 6.74. The summed E-state index contributed by atoms with van der Waals surface area (Å²) in [6.07, 6.45) is 6.75. The number of Topliss-reactive ketones (excluding diaryl/α,β-unsaturated/α-hetero) is 1. The zero-order valence-electron chi connectivity index (χ0n) is 9.42. The summed E-state index contributed by atoms with van der Waals surface area (Å²) in [4.78, 5) is 11.7. The van der Waals surface area contributed by atoms with Crippen LogP contribution in [0, 0.1) is 5.92 Å². The molecule has 2 heteroatoms. The van der Waals surface area contributed by atoms with Gasteiger partial charge in [0.2, 0.25) is 0 Å². The third-order valence-corrected chi connectivity index (χ3v) is 2.93. The summed E-state index contributed by atoms with van der Waals surface area (Å²) in [5.74, 6) is 0.622. The molecule has 14 heavy (non-hydrogen) atoms. The maximum atomic E-state index is 11.7. The molecule has 0 spiro atoms. The molecule has 0 saturated carbocycles. The first-order valence-corrected chi connectivity index (χ1v) is 5.88. The topological polar surface area (TPSA) is 26.3 Å². The van der Waals surface area contributed by atoms with Crippen LogP contribution >= 0.6 is 0 Å². The summed E-state index contributed by atoms with van der Waals surface area (Å²) in [7, 11) is 0. The molecule has 0 aromatic carbocycles. The quantitative estimate of drug-likeness (QED) is 0.613. The summed E-state index contributed by atoms with van der Waals surface area (Å²) < 4.78 is 5.39. The second-order valence-electron chi connectivity index (χ2n) is 4.35. The van der Waals surface area contributed by atoms with E-state index in [0.29, 0.717) is 18.5 Å². The fourth-order valence-corrected chi connectivity index (χ4v) is 1.97. The number of rotatable bonds is 6. The molecule has 0 bridgehead atoms. The number of hydrogen-bond acceptors (Lipinski definition) is 2. The van der Waals surface area contributed by atoms with Gasteiger partial charge in [-0.1, -0.05) is 26.2 Å². The Morgan fingerprint density at radius 2 is 2.14 bits per heavy atom. The van der Waals surface area contributed by atoms with Crippen molar-refractivity contribution in [2.75, 3.05) is 6.61 Å². The lowest BCUT2D eigenvalue weighted by atomic mass is 9.97. The van der Waals surface area contributed by atoms with Crippen molar-refractivity contribution in [2.24, 2.45) is 5.92 Å². The molecule has 1 heterocycles. The van der Waals surface area contributed by atoms with Gasteiger partial charge in [-0.3, -0.25) is 4.79 Å². The Labute approximate surface area is 87.0 Å². The minimum absolute atomic E-state index is 0.201. The fraction of sp³-hybridized carbons (Fsp3) is 0.917. The van der Waals surface area contributed by atoms with Gasteiger partial charge in [0.05, 0.1) is 12.7 Å². The molecular formula is C12H22O2.